The highest BCUT2D eigenvalue weighted by atomic mass is 19.1. The van der Waals surface area contributed by atoms with Crippen LogP contribution in [0.25, 0.3) is 11.1 Å². The number of nitriles is 1. The van der Waals surface area contributed by atoms with E-state index in [1.165, 1.54) is 6.07 Å². The summed E-state index contributed by atoms with van der Waals surface area (Å²) in [7, 11) is 0. The van der Waals surface area contributed by atoms with Crippen molar-refractivity contribution in [1.29, 1.82) is 5.26 Å². The van der Waals surface area contributed by atoms with E-state index in [0.29, 0.717) is 30.6 Å². The molecular weight excluding hydrogens is 467 g/mol. The van der Waals surface area contributed by atoms with E-state index >= 15 is 4.39 Å². The molecule has 37 heavy (non-hydrogen) atoms. The molecule has 4 saturated carbocycles. The number of fused-ring (bicyclic) bond motifs is 3. The van der Waals surface area contributed by atoms with Crippen LogP contribution in [0.4, 0.5) is 10.1 Å². The quantitative estimate of drug-likeness (QED) is 0.459. The molecule has 0 radical (unpaired) electrons. The molecule has 6 rings (SSSR count). The van der Waals surface area contributed by atoms with Crippen molar-refractivity contribution in [2.45, 2.75) is 83.8 Å². The van der Waals surface area contributed by atoms with E-state index < -0.39 is 5.60 Å². The van der Waals surface area contributed by atoms with Crippen molar-refractivity contribution in [2.24, 2.45) is 16.7 Å². The molecule has 0 aliphatic heterocycles. The number of halogens is 1. The van der Waals surface area contributed by atoms with Crippen molar-refractivity contribution in [1.82, 2.24) is 0 Å². The van der Waals surface area contributed by atoms with E-state index in [1.807, 2.05) is 43.0 Å². The van der Waals surface area contributed by atoms with Gasteiger partial charge >= 0.3 is 0 Å². The fraction of sp³-hybridized carbons (Fsp3) is 0.548. The highest BCUT2D eigenvalue weighted by Gasteiger charge is 2.51. The Morgan fingerprint density at radius 2 is 1.73 bits per heavy atom. The Hall–Kier alpha value is -2.91. The number of anilines is 1. The number of carbonyl (C=O) groups is 1. The summed E-state index contributed by atoms with van der Waals surface area (Å²) in [5.74, 6) is 0.151. The zero-order valence-corrected chi connectivity index (χ0v) is 22.1. The van der Waals surface area contributed by atoms with Crippen LogP contribution in [-0.4, -0.2) is 29.3 Å². The molecule has 5 nitrogen and oxygen atoms in total. The van der Waals surface area contributed by atoms with Gasteiger partial charge in [0.1, 0.15) is 11.6 Å². The van der Waals surface area contributed by atoms with Crippen molar-refractivity contribution < 1.29 is 19.0 Å². The Labute approximate surface area is 219 Å². The predicted molar refractivity (Wildman–Crippen MR) is 141 cm³/mol. The average Bonchev–Trinajstić information content (AvgIpc) is 2.87. The Morgan fingerprint density at radius 3 is 2.27 bits per heavy atom. The Kier molecular flexibility index (Phi) is 6.56. The van der Waals surface area contributed by atoms with E-state index in [1.54, 1.807) is 19.1 Å². The van der Waals surface area contributed by atoms with Crippen LogP contribution in [0.15, 0.2) is 42.5 Å². The van der Waals surface area contributed by atoms with Crippen LogP contribution in [0.1, 0.15) is 72.1 Å². The lowest BCUT2D eigenvalue weighted by Gasteiger charge is -2.52. The number of hydrogen-bond acceptors (Lipinski definition) is 4. The van der Waals surface area contributed by atoms with Crippen LogP contribution in [-0.2, 0) is 4.79 Å². The van der Waals surface area contributed by atoms with Crippen molar-refractivity contribution in [3.8, 4) is 22.9 Å². The Balaban J connectivity index is 1.45. The predicted octanol–water partition coefficient (Wildman–Crippen LogP) is 6.64. The number of aliphatic hydroxyl groups is 1. The van der Waals surface area contributed by atoms with Gasteiger partial charge in [-0.15, -0.1) is 0 Å². The van der Waals surface area contributed by atoms with Crippen molar-refractivity contribution >= 4 is 11.6 Å². The molecule has 6 heteroatoms. The van der Waals surface area contributed by atoms with E-state index in [0.717, 1.165) is 49.8 Å². The first kappa shape index (κ1) is 25.7. The van der Waals surface area contributed by atoms with Gasteiger partial charge in [0.15, 0.2) is 0 Å². The molecule has 0 unspecified atom stereocenters. The molecule has 0 spiro atoms. The lowest BCUT2D eigenvalue weighted by Crippen LogP contribution is -2.54. The second-order valence-corrected chi connectivity index (χ2v) is 12.3. The van der Waals surface area contributed by atoms with Crippen molar-refractivity contribution in [3.63, 3.8) is 0 Å². The molecule has 2 bridgehead atoms. The molecule has 0 aromatic heterocycles. The maximum Gasteiger partial charge on any atom is 0.230 e. The number of amides is 1. The van der Waals surface area contributed by atoms with Gasteiger partial charge in [-0.05, 0) is 113 Å². The van der Waals surface area contributed by atoms with Crippen molar-refractivity contribution in [3.05, 3.63) is 48.3 Å². The summed E-state index contributed by atoms with van der Waals surface area (Å²) in [5.41, 5.74) is 0.831. The molecule has 196 valence electrons. The first-order chi connectivity index (χ1) is 17.5. The van der Waals surface area contributed by atoms with Gasteiger partial charge in [0.25, 0.3) is 0 Å². The minimum atomic E-state index is -0.805. The molecule has 2 aromatic rings. The molecule has 0 heterocycles. The molecule has 0 atom stereocenters. The molecular formula is C31H37FN2O3. The van der Waals surface area contributed by atoms with Gasteiger partial charge in [0.2, 0.25) is 5.91 Å². The van der Waals surface area contributed by atoms with Gasteiger partial charge in [-0.3, -0.25) is 4.79 Å². The average molecular weight is 505 g/mol. The minimum Gasteiger partial charge on any atom is -0.491 e. The minimum absolute atomic E-state index is 0.00170. The summed E-state index contributed by atoms with van der Waals surface area (Å²) in [6, 6.07) is 14.9. The maximum absolute atomic E-state index is 15.1. The van der Waals surface area contributed by atoms with Crippen LogP contribution in [0.3, 0.4) is 0 Å². The van der Waals surface area contributed by atoms with Gasteiger partial charge < -0.3 is 14.7 Å². The van der Waals surface area contributed by atoms with Crippen molar-refractivity contribution in [2.75, 3.05) is 11.4 Å². The maximum atomic E-state index is 15.1. The number of benzene rings is 2. The normalized spacial score (nSPS) is 30.5. The third-order valence-electron chi connectivity index (χ3n) is 8.92. The summed E-state index contributed by atoms with van der Waals surface area (Å²) >= 11 is 0. The molecule has 1 N–H and O–H groups in total. The van der Waals surface area contributed by atoms with Gasteiger partial charge in [-0.2, -0.15) is 5.26 Å². The lowest BCUT2D eigenvalue weighted by atomic mass is 9.54. The zero-order chi connectivity index (χ0) is 26.4. The SMILES string of the molecule is CC(C)Oc1ccc(-c2cc(N(CC34CCC(C#N)(CC3)CC4)C(=O)C3CC(C)(O)C3)ccc2F)cc1. The van der Waals surface area contributed by atoms with E-state index in [4.69, 9.17) is 4.74 Å². The number of rotatable bonds is 7. The summed E-state index contributed by atoms with van der Waals surface area (Å²) in [6.45, 7) is 6.26. The van der Waals surface area contributed by atoms with E-state index in [9.17, 15) is 15.2 Å². The number of nitrogens with zero attached hydrogens (tertiary/aromatic N) is 2. The fourth-order valence-electron chi connectivity index (χ4n) is 6.58. The molecule has 4 aliphatic rings. The molecule has 0 saturated heterocycles. The lowest BCUT2D eigenvalue weighted by molar-refractivity contribution is -0.137. The topological polar surface area (TPSA) is 73.6 Å². The number of ether oxygens (including phenoxy) is 1. The van der Waals surface area contributed by atoms with Gasteiger partial charge in [0, 0.05) is 23.7 Å². The summed E-state index contributed by atoms with van der Waals surface area (Å²) in [4.78, 5) is 15.7. The monoisotopic (exact) mass is 504 g/mol. The fourth-order valence-corrected chi connectivity index (χ4v) is 6.58. The molecule has 1 amide bonds. The second kappa shape index (κ2) is 9.44. The van der Waals surface area contributed by atoms with Crippen LogP contribution in [0, 0.1) is 33.9 Å². The summed E-state index contributed by atoms with van der Waals surface area (Å²) < 4.78 is 20.8. The van der Waals surface area contributed by atoms with Crippen LogP contribution < -0.4 is 9.64 Å². The van der Waals surface area contributed by atoms with E-state index in [2.05, 4.69) is 6.07 Å². The highest BCUT2D eigenvalue weighted by Crippen LogP contribution is 2.57. The van der Waals surface area contributed by atoms with E-state index in [-0.39, 0.29) is 34.6 Å². The number of hydrogen-bond donors (Lipinski definition) is 1. The second-order valence-electron chi connectivity index (χ2n) is 12.3. The Morgan fingerprint density at radius 1 is 1.11 bits per heavy atom. The first-order valence-corrected chi connectivity index (χ1v) is 13.5. The summed E-state index contributed by atoms with van der Waals surface area (Å²) in [6.07, 6.45) is 6.36. The largest absolute Gasteiger partial charge is 0.491 e. The third-order valence-corrected chi connectivity index (χ3v) is 8.92. The molecule has 4 fully saturated rings. The highest BCUT2D eigenvalue weighted by molar-refractivity contribution is 5.96. The van der Waals surface area contributed by atoms with Crippen LogP contribution in [0.5, 0.6) is 5.75 Å². The van der Waals surface area contributed by atoms with Gasteiger partial charge in [-0.1, -0.05) is 12.1 Å². The smallest absolute Gasteiger partial charge is 0.230 e. The third kappa shape index (κ3) is 5.11. The number of carbonyl (C=O) groups excluding carboxylic acids is 1. The first-order valence-electron chi connectivity index (χ1n) is 13.5. The Bertz CT molecular complexity index is 1180. The zero-order valence-electron chi connectivity index (χ0n) is 22.1. The van der Waals surface area contributed by atoms with Crippen LogP contribution >= 0.6 is 0 Å². The summed E-state index contributed by atoms with van der Waals surface area (Å²) in [5, 5.41) is 20.0. The van der Waals surface area contributed by atoms with Gasteiger partial charge in [0.05, 0.1) is 23.2 Å². The van der Waals surface area contributed by atoms with Gasteiger partial charge in [-0.25, -0.2) is 4.39 Å². The standard InChI is InChI=1S/C31H37FN2O3/c1-21(2)37-25-7-4-22(5-8-25)26-16-24(6-9-27(26)32)34(28(35)23-17-29(3,36)18-23)20-31-13-10-30(19-33,11-14-31)12-15-31/h4-9,16,21,23,36H,10-15,17-18,20H2,1-3H3. The molecule has 4 aliphatic carbocycles. The van der Waals surface area contributed by atoms with Crippen LogP contribution in [0.2, 0.25) is 0 Å². The molecule has 2 aromatic carbocycles.